The number of nitrogens with two attached hydrogens (primary N) is 1. The molecule has 21 heavy (non-hydrogen) atoms. The lowest BCUT2D eigenvalue weighted by molar-refractivity contribution is 0.0334. The molecule has 0 aromatic heterocycles. The zero-order chi connectivity index (χ0) is 16.2. The van der Waals surface area contributed by atoms with E-state index in [9.17, 15) is 4.79 Å². The first kappa shape index (κ1) is 18.2. The number of likely N-dealkylation sites (N-methyl/N-ethyl adjacent to an activating group) is 1. The zero-order valence-electron chi connectivity index (χ0n) is 14.3. The molecule has 0 spiro atoms. The first-order valence-electron chi connectivity index (χ1n) is 7.78. The number of carbonyl (C=O) groups is 1. The van der Waals surface area contributed by atoms with E-state index in [1.807, 2.05) is 27.7 Å². The molecule has 3 unspecified atom stereocenters. The van der Waals surface area contributed by atoms with Gasteiger partial charge in [-0.05, 0) is 41.7 Å². The first-order valence-corrected chi connectivity index (χ1v) is 7.78. The molecule has 6 heteroatoms. The van der Waals surface area contributed by atoms with Crippen LogP contribution in [-0.4, -0.2) is 72.8 Å². The monoisotopic (exact) mass is 300 g/mol. The molecule has 6 nitrogen and oxygen atoms in total. The maximum absolute atomic E-state index is 11.9. The van der Waals surface area contributed by atoms with Crippen LogP contribution in [0.1, 0.15) is 34.6 Å². The summed E-state index contributed by atoms with van der Waals surface area (Å²) in [5.41, 5.74) is 5.47. The van der Waals surface area contributed by atoms with E-state index in [1.54, 1.807) is 0 Å². The summed E-state index contributed by atoms with van der Waals surface area (Å²) in [6, 6.07) is 0.511. The molecule has 1 fully saturated rings. The van der Waals surface area contributed by atoms with Crippen LogP contribution in [0.5, 0.6) is 0 Å². The van der Waals surface area contributed by atoms with Gasteiger partial charge in [0, 0.05) is 44.3 Å². The quantitative estimate of drug-likeness (QED) is 0.806. The molecular weight excluding hydrogens is 268 g/mol. The van der Waals surface area contributed by atoms with E-state index in [0.717, 1.165) is 19.6 Å². The molecule has 1 aliphatic heterocycles. The van der Waals surface area contributed by atoms with Crippen LogP contribution in [0.3, 0.4) is 0 Å². The molecule has 1 amide bonds. The molecule has 1 rings (SSSR count). The molecule has 0 bridgehead atoms. The number of nitrogens with zero attached hydrogens (tertiary/aromatic N) is 2. The Morgan fingerprint density at radius 3 is 2.52 bits per heavy atom. The predicted molar refractivity (Wildman–Crippen MR) is 85.3 cm³/mol. The molecule has 0 aliphatic carbocycles. The molecule has 0 aromatic carbocycles. The Morgan fingerprint density at radius 2 is 2.05 bits per heavy atom. The van der Waals surface area contributed by atoms with Gasteiger partial charge in [-0.3, -0.25) is 4.90 Å². The molecule has 1 saturated heterocycles. The van der Waals surface area contributed by atoms with Crippen molar-refractivity contribution in [2.75, 3.05) is 33.2 Å². The number of piperazine rings is 1. The summed E-state index contributed by atoms with van der Waals surface area (Å²) in [6.07, 6.45) is -0.379. The van der Waals surface area contributed by atoms with Gasteiger partial charge in [-0.25, -0.2) is 4.79 Å². The van der Waals surface area contributed by atoms with Gasteiger partial charge >= 0.3 is 6.09 Å². The number of hydrogen-bond acceptors (Lipinski definition) is 5. The van der Waals surface area contributed by atoms with Gasteiger partial charge in [0.1, 0.15) is 5.60 Å². The molecule has 1 aliphatic rings. The maximum atomic E-state index is 11.9. The predicted octanol–water partition coefficient (Wildman–Crippen LogP) is 0.863. The van der Waals surface area contributed by atoms with Crippen LogP contribution in [0, 0.1) is 0 Å². The third-order valence-corrected chi connectivity index (χ3v) is 3.87. The maximum Gasteiger partial charge on any atom is 0.407 e. The first-order chi connectivity index (χ1) is 9.64. The minimum absolute atomic E-state index is 0.0456. The van der Waals surface area contributed by atoms with Crippen molar-refractivity contribution >= 4 is 6.09 Å². The fourth-order valence-corrected chi connectivity index (χ4v) is 2.86. The van der Waals surface area contributed by atoms with Gasteiger partial charge in [-0.2, -0.15) is 0 Å². The topological polar surface area (TPSA) is 70.8 Å². The van der Waals surface area contributed by atoms with Crippen molar-refractivity contribution in [3.63, 3.8) is 0 Å². The van der Waals surface area contributed by atoms with Crippen LogP contribution in [0.25, 0.3) is 0 Å². The SMILES string of the molecule is CC(NC(=O)OC(C)(C)C)C(CN)N1CCN(C)CC1C. The highest BCUT2D eigenvalue weighted by atomic mass is 16.6. The molecular formula is C15H32N4O2. The summed E-state index contributed by atoms with van der Waals surface area (Å²) >= 11 is 0. The normalized spacial score (nSPS) is 24.4. The summed E-state index contributed by atoms with van der Waals surface area (Å²) < 4.78 is 5.32. The van der Waals surface area contributed by atoms with Gasteiger partial charge < -0.3 is 20.7 Å². The third kappa shape index (κ3) is 5.80. The van der Waals surface area contributed by atoms with E-state index in [1.165, 1.54) is 0 Å². The highest BCUT2D eigenvalue weighted by Gasteiger charge is 2.31. The summed E-state index contributed by atoms with van der Waals surface area (Å²) in [6.45, 7) is 13.3. The highest BCUT2D eigenvalue weighted by molar-refractivity contribution is 5.68. The number of rotatable bonds is 4. The van der Waals surface area contributed by atoms with Crippen LogP contribution in [0.4, 0.5) is 4.79 Å². The summed E-state index contributed by atoms with van der Waals surface area (Å²) in [7, 11) is 2.13. The minimum Gasteiger partial charge on any atom is -0.444 e. The van der Waals surface area contributed by atoms with E-state index in [-0.39, 0.29) is 18.2 Å². The number of amides is 1. The fraction of sp³-hybridized carbons (Fsp3) is 0.933. The lowest BCUT2D eigenvalue weighted by Crippen LogP contribution is -2.61. The Kier molecular flexibility index (Phi) is 6.43. The van der Waals surface area contributed by atoms with Crippen LogP contribution in [0.15, 0.2) is 0 Å². The van der Waals surface area contributed by atoms with Crippen molar-refractivity contribution in [3.05, 3.63) is 0 Å². The minimum atomic E-state index is -0.483. The second-order valence-corrected chi connectivity index (χ2v) is 7.09. The van der Waals surface area contributed by atoms with Gasteiger partial charge in [0.05, 0.1) is 0 Å². The van der Waals surface area contributed by atoms with Crippen molar-refractivity contribution in [2.45, 2.75) is 58.3 Å². The lowest BCUT2D eigenvalue weighted by atomic mass is 10.0. The Labute approximate surface area is 129 Å². The van der Waals surface area contributed by atoms with Crippen molar-refractivity contribution in [1.29, 1.82) is 0 Å². The van der Waals surface area contributed by atoms with Crippen LogP contribution in [0.2, 0.25) is 0 Å². The van der Waals surface area contributed by atoms with Gasteiger partial charge in [0.15, 0.2) is 0 Å². The Bertz CT molecular complexity index is 343. The molecule has 0 saturated carbocycles. The second kappa shape index (κ2) is 7.42. The summed E-state index contributed by atoms with van der Waals surface area (Å²) in [4.78, 5) is 16.6. The smallest absolute Gasteiger partial charge is 0.407 e. The van der Waals surface area contributed by atoms with E-state index in [0.29, 0.717) is 12.6 Å². The van der Waals surface area contributed by atoms with Crippen molar-refractivity contribution < 1.29 is 9.53 Å². The second-order valence-electron chi connectivity index (χ2n) is 7.09. The summed E-state index contributed by atoms with van der Waals surface area (Å²) in [5, 5.41) is 2.92. The molecule has 3 N–H and O–H groups in total. The van der Waals surface area contributed by atoms with Gasteiger partial charge in [0.25, 0.3) is 0 Å². The van der Waals surface area contributed by atoms with Crippen LogP contribution < -0.4 is 11.1 Å². The molecule has 3 atom stereocenters. The highest BCUT2D eigenvalue weighted by Crippen LogP contribution is 2.15. The van der Waals surface area contributed by atoms with E-state index < -0.39 is 5.60 Å². The average molecular weight is 300 g/mol. The number of ether oxygens (including phenoxy) is 1. The Hall–Kier alpha value is -0.850. The summed E-state index contributed by atoms with van der Waals surface area (Å²) in [5.74, 6) is 0. The number of hydrogen-bond donors (Lipinski definition) is 2. The Morgan fingerprint density at radius 1 is 1.43 bits per heavy atom. The molecule has 0 aromatic rings. The lowest BCUT2D eigenvalue weighted by Gasteiger charge is -2.44. The largest absolute Gasteiger partial charge is 0.444 e. The Balaban J connectivity index is 2.60. The van der Waals surface area contributed by atoms with Gasteiger partial charge in [-0.1, -0.05) is 0 Å². The number of nitrogens with one attached hydrogen (secondary N) is 1. The molecule has 0 radical (unpaired) electrons. The van der Waals surface area contributed by atoms with Crippen molar-refractivity contribution in [1.82, 2.24) is 15.1 Å². The van der Waals surface area contributed by atoms with Crippen LogP contribution in [-0.2, 0) is 4.74 Å². The number of carbonyl (C=O) groups excluding carboxylic acids is 1. The fourth-order valence-electron chi connectivity index (χ4n) is 2.86. The van der Waals surface area contributed by atoms with E-state index in [4.69, 9.17) is 10.5 Å². The van der Waals surface area contributed by atoms with Crippen molar-refractivity contribution in [2.24, 2.45) is 5.73 Å². The van der Waals surface area contributed by atoms with Gasteiger partial charge in [0.2, 0.25) is 0 Å². The average Bonchev–Trinajstić information content (AvgIpc) is 2.30. The van der Waals surface area contributed by atoms with Gasteiger partial charge in [-0.15, -0.1) is 0 Å². The van der Waals surface area contributed by atoms with Crippen molar-refractivity contribution in [3.8, 4) is 0 Å². The zero-order valence-corrected chi connectivity index (χ0v) is 14.3. The van der Waals surface area contributed by atoms with Crippen LogP contribution >= 0.6 is 0 Å². The standard InChI is InChI=1S/C15H32N4O2/c1-11-10-18(6)7-8-19(11)13(9-16)12(2)17-14(20)21-15(3,4)5/h11-13H,7-10,16H2,1-6H3,(H,17,20). The molecule has 1 heterocycles. The number of alkyl carbamates (subject to hydrolysis) is 1. The van der Waals surface area contributed by atoms with E-state index >= 15 is 0 Å². The molecule has 124 valence electrons. The van der Waals surface area contributed by atoms with E-state index in [2.05, 4.69) is 29.1 Å². The third-order valence-electron chi connectivity index (χ3n) is 3.87.